The lowest BCUT2D eigenvalue weighted by Gasteiger charge is -2.28. The molecule has 1 saturated heterocycles. The number of nitrogens with zero attached hydrogens (tertiary/aromatic N) is 2. The second-order valence-corrected chi connectivity index (χ2v) is 10.3. The summed E-state index contributed by atoms with van der Waals surface area (Å²) < 4.78 is 6.73. The van der Waals surface area contributed by atoms with Crippen molar-refractivity contribution in [2.45, 2.75) is 25.9 Å². The number of rotatable bonds is 7. The second-order valence-electron chi connectivity index (χ2n) is 8.80. The lowest BCUT2D eigenvalue weighted by Crippen LogP contribution is -2.29. The molecule has 0 aliphatic carbocycles. The Morgan fingerprint density at radius 3 is 2.43 bits per heavy atom. The van der Waals surface area contributed by atoms with Crippen LogP contribution in [-0.4, -0.2) is 27.6 Å². The molecule has 2 aromatic heterocycles. The molecule has 2 aromatic carbocycles. The maximum Gasteiger partial charge on any atom is 0.262 e. The van der Waals surface area contributed by atoms with Crippen molar-refractivity contribution in [3.05, 3.63) is 105 Å². The zero-order chi connectivity index (χ0) is 25.9. The predicted molar refractivity (Wildman–Crippen MR) is 158 cm³/mol. The number of aryl methyl sites for hydroxylation is 2. The van der Waals surface area contributed by atoms with E-state index in [1.54, 1.807) is 6.20 Å². The van der Waals surface area contributed by atoms with Gasteiger partial charge in [-0.15, -0.1) is 0 Å². The average molecular weight is 624 g/mol. The van der Waals surface area contributed by atoms with Crippen LogP contribution in [0.4, 0.5) is 11.4 Å². The lowest BCUT2D eigenvalue weighted by molar-refractivity contribution is -0.118. The Morgan fingerprint density at radius 1 is 1.05 bits per heavy atom. The first-order valence-electron chi connectivity index (χ1n) is 11.9. The molecule has 4 aromatic rings. The van der Waals surface area contributed by atoms with Crippen molar-refractivity contribution in [1.29, 1.82) is 0 Å². The summed E-state index contributed by atoms with van der Waals surface area (Å²) in [4.78, 5) is 22.7. The number of H-pyrrole nitrogens is 1. The van der Waals surface area contributed by atoms with Gasteiger partial charge in [0.15, 0.2) is 11.7 Å². The monoisotopic (exact) mass is 623 g/mol. The zero-order valence-corrected chi connectivity index (χ0v) is 23.3. The van der Waals surface area contributed by atoms with Crippen molar-refractivity contribution in [3.8, 4) is 5.75 Å². The van der Waals surface area contributed by atoms with Crippen LogP contribution < -0.4 is 20.3 Å². The summed E-state index contributed by atoms with van der Waals surface area (Å²) >= 11 is 8.24. The molecule has 1 aliphatic rings. The van der Waals surface area contributed by atoms with Crippen LogP contribution >= 0.6 is 34.8 Å². The Hall–Kier alpha value is -3.44. The number of aromatic amines is 1. The molecule has 37 heavy (non-hydrogen) atoms. The number of aromatic nitrogens is 2. The van der Waals surface area contributed by atoms with E-state index in [1.165, 1.54) is 9.13 Å². The number of thiocarbonyl (C=S) groups is 1. The zero-order valence-electron chi connectivity index (χ0n) is 20.4. The summed E-state index contributed by atoms with van der Waals surface area (Å²) in [7, 11) is 0. The van der Waals surface area contributed by atoms with E-state index < -0.39 is 0 Å². The standard InChI is InChI=1S/C28H26IN5O2S/c1-17-24(25(29)18(2)31-17)27-26(22-10-6-7-15-30-22)33-28(37)34(27)20-13-11-19(12-14-20)32-23(35)16-36-21-8-4-3-5-9-21/h3-15,26-27,31H,16H2,1-2H3,(H,32,35)(H,33,37)/t26-,27-/m1/s1. The normalized spacial score (nSPS) is 16.9. The summed E-state index contributed by atoms with van der Waals surface area (Å²) in [6.45, 7) is 4.11. The number of pyridine rings is 1. The Bertz CT molecular complexity index is 1410. The summed E-state index contributed by atoms with van der Waals surface area (Å²) in [5.41, 5.74) is 5.95. The van der Waals surface area contributed by atoms with E-state index >= 15 is 0 Å². The molecular weight excluding hydrogens is 597 g/mol. The van der Waals surface area contributed by atoms with E-state index in [4.69, 9.17) is 17.0 Å². The van der Waals surface area contributed by atoms with Gasteiger partial charge in [0.2, 0.25) is 0 Å². The van der Waals surface area contributed by atoms with E-state index in [0.29, 0.717) is 16.5 Å². The first-order chi connectivity index (χ1) is 17.9. The fraction of sp³-hybridized carbons (Fsp3) is 0.179. The van der Waals surface area contributed by atoms with Gasteiger partial charge in [-0.1, -0.05) is 24.3 Å². The number of carbonyl (C=O) groups is 1. The number of para-hydroxylation sites is 1. The van der Waals surface area contributed by atoms with Gasteiger partial charge in [-0.25, -0.2) is 0 Å². The highest BCUT2D eigenvalue weighted by molar-refractivity contribution is 14.1. The van der Waals surface area contributed by atoms with Crippen LogP contribution in [0, 0.1) is 17.4 Å². The van der Waals surface area contributed by atoms with E-state index in [1.807, 2.05) is 72.8 Å². The van der Waals surface area contributed by atoms with E-state index in [9.17, 15) is 4.79 Å². The van der Waals surface area contributed by atoms with Crippen molar-refractivity contribution >= 4 is 57.2 Å². The maximum atomic E-state index is 12.4. The van der Waals surface area contributed by atoms with Gasteiger partial charge >= 0.3 is 0 Å². The second kappa shape index (κ2) is 10.9. The van der Waals surface area contributed by atoms with E-state index in [-0.39, 0.29) is 24.6 Å². The maximum absolute atomic E-state index is 12.4. The van der Waals surface area contributed by atoms with Crippen LogP contribution in [0.5, 0.6) is 5.75 Å². The number of benzene rings is 2. The van der Waals surface area contributed by atoms with Gasteiger partial charge in [0.1, 0.15) is 5.75 Å². The van der Waals surface area contributed by atoms with Crippen LogP contribution in [0.1, 0.15) is 34.7 Å². The molecule has 0 unspecified atom stereocenters. The summed E-state index contributed by atoms with van der Waals surface area (Å²) in [5.74, 6) is 0.428. The molecule has 0 bridgehead atoms. The molecule has 1 fully saturated rings. The largest absolute Gasteiger partial charge is 0.484 e. The average Bonchev–Trinajstić information content (AvgIpc) is 3.38. The van der Waals surface area contributed by atoms with Gasteiger partial charge in [0.05, 0.1) is 17.8 Å². The van der Waals surface area contributed by atoms with Crippen LogP contribution in [-0.2, 0) is 4.79 Å². The highest BCUT2D eigenvalue weighted by atomic mass is 127. The fourth-order valence-electron chi connectivity index (χ4n) is 4.62. The number of nitrogens with one attached hydrogen (secondary N) is 3. The quantitative estimate of drug-likeness (QED) is 0.178. The minimum atomic E-state index is -0.226. The SMILES string of the molecule is Cc1[nH]c(C)c([C@@H]2[C@@H](c3ccccn3)NC(=S)N2c2ccc(NC(=O)COc3ccccc3)cc2)c1I. The molecular formula is C28H26IN5O2S. The molecule has 0 radical (unpaired) electrons. The van der Waals surface area contributed by atoms with Crippen molar-refractivity contribution in [2.75, 3.05) is 16.8 Å². The summed E-state index contributed by atoms with van der Waals surface area (Å²) in [6, 6.07) is 22.7. The van der Waals surface area contributed by atoms with Gasteiger partial charge in [-0.3, -0.25) is 9.78 Å². The smallest absolute Gasteiger partial charge is 0.262 e. The van der Waals surface area contributed by atoms with Crippen molar-refractivity contribution < 1.29 is 9.53 Å². The number of anilines is 2. The minimum absolute atomic E-state index is 0.0652. The van der Waals surface area contributed by atoms with Gasteiger partial charge in [0, 0.05) is 38.1 Å². The van der Waals surface area contributed by atoms with Gasteiger partial charge in [-0.2, -0.15) is 0 Å². The van der Waals surface area contributed by atoms with Crippen molar-refractivity contribution in [1.82, 2.24) is 15.3 Å². The highest BCUT2D eigenvalue weighted by Gasteiger charge is 2.43. The molecule has 188 valence electrons. The summed E-state index contributed by atoms with van der Waals surface area (Å²) in [5, 5.41) is 7.02. The van der Waals surface area contributed by atoms with E-state index in [0.717, 1.165) is 22.8 Å². The molecule has 3 N–H and O–H groups in total. The van der Waals surface area contributed by atoms with Crippen molar-refractivity contribution in [3.63, 3.8) is 0 Å². The van der Waals surface area contributed by atoms with Crippen LogP contribution in [0.15, 0.2) is 79.0 Å². The minimum Gasteiger partial charge on any atom is -0.484 e. The Balaban J connectivity index is 1.39. The molecule has 0 saturated carbocycles. The predicted octanol–water partition coefficient (Wildman–Crippen LogP) is 5.83. The topological polar surface area (TPSA) is 82.3 Å². The third-order valence-corrected chi connectivity index (χ3v) is 7.99. The van der Waals surface area contributed by atoms with Gasteiger partial charge < -0.3 is 25.3 Å². The molecule has 5 rings (SSSR count). The molecule has 3 heterocycles. The number of halogens is 1. The molecule has 1 amide bonds. The molecule has 1 aliphatic heterocycles. The molecule has 0 spiro atoms. The number of amides is 1. The third-order valence-electron chi connectivity index (χ3n) is 6.28. The van der Waals surface area contributed by atoms with E-state index in [2.05, 4.69) is 61.9 Å². The number of ether oxygens (including phenoxy) is 1. The fourth-order valence-corrected chi connectivity index (χ4v) is 5.82. The Labute approximate surface area is 234 Å². The Morgan fingerprint density at radius 2 is 1.78 bits per heavy atom. The van der Waals surface area contributed by atoms with Gasteiger partial charge in [0.25, 0.3) is 5.91 Å². The highest BCUT2D eigenvalue weighted by Crippen LogP contribution is 2.44. The van der Waals surface area contributed by atoms with Crippen molar-refractivity contribution in [2.24, 2.45) is 0 Å². The van der Waals surface area contributed by atoms with Crippen LogP contribution in [0.2, 0.25) is 0 Å². The molecule has 7 nitrogen and oxygen atoms in total. The molecule has 9 heteroatoms. The first kappa shape index (κ1) is 25.2. The van der Waals surface area contributed by atoms with Crippen LogP contribution in [0.25, 0.3) is 0 Å². The first-order valence-corrected chi connectivity index (χ1v) is 13.3. The third kappa shape index (κ3) is 5.33. The Kier molecular flexibility index (Phi) is 7.43. The number of hydrogen-bond donors (Lipinski definition) is 3. The summed E-state index contributed by atoms with van der Waals surface area (Å²) in [6.07, 6.45) is 1.80. The van der Waals surface area contributed by atoms with Gasteiger partial charge in [-0.05, 0) is 97.2 Å². The number of carbonyl (C=O) groups excluding carboxylic acids is 1. The van der Waals surface area contributed by atoms with Crippen LogP contribution in [0.3, 0.4) is 0 Å². The molecule has 2 atom stereocenters. The number of hydrogen-bond acceptors (Lipinski definition) is 4. The lowest BCUT2D eigenvalue weighted by atomic mass is 9.96.